The minimum atomic E-state index is -3.14. The second-order valence-corrected chi connectivity index (χ2v) is 9.37. The van der Waals surface area contributed by atoms with Gasteiger partial charge >= 0.3 is 0 Å². The van der Waals surface area contributed by atoms with E-state index in [4.69, 9.17) is 14.2 Å². The Kier molecular flexibility index (Phi) is 6.87. The quantitative estimate of drug-likeness (QED) is 0.637. The van der Waals surface area contributed by atoms with Gasteiger partial charge in [0.25, 0.3) is 5.91 Å². The van der Waals surface area contributed by atoms with E-state index in [1.54, 1.807) is 55.5 Å². The first kappa shape index (κ1) is 22.0. The maximum absolute atomic E-state index is 13.3. The van der Waals surface area contributed by atoms with E-state index in [1.807, 2.05) is 13.0 Å². The lowest BCUT2D eigenvalue weighted by molar-refractivity contribution is 0.0680. The van der Waals surface area contributed by atoms with Gasteiger partial charge < -0.3 is 19.1 Å². The Hall–Kier alpha value is -2.74. The van der Waals surface area contributed by atoms with Gasteiger partial charge in [-0.15, -0.1) is 0 Å². The molecule has 7 nitrogen and oxygen atoms in total. The van der Waals surface area contributed by atoms with E-state index in [2.05, 4.69) is 0 Å². The Labute approximate surface area is 177 Å². The lowest BCUT2D eigenvalue weighted by atomic mass is 10.1. The first-order valence-electron chi connectivity index (χ1n) is 9.82. The van der Waals surface area contributed by atoms with Crippen LogP contribution < -0.4 is 14.2 Å². The molecule has 0 N–H and O–H groups in total. The van der Waals surface area contributed by atoms with Gasteiger partial charge in [0, 0.05) is 18.2 Å². The number of rotatable bonds is 8. The van der Waals surface area contributed by atoms with Gasteiger partial charge in [-0.1, -0.05) is 6.07 Å². The third-order valence-corrected chi connectivity index (χ3v) is 6.87. The van der Waals surface area contributed by atoms with Crippen LogP contribution >= 0.6 is 0 Å². The van der Waals surface area contributed by atoms with Crippen LogP contribution in [0, 0.1) is 0 Å². The summed E-state index contributed by atoms with van der Waals surface area (Å²) in [6, 6.07) is 12.0. The molecule has 2 aromatic carbocycles. The van der Waals surface area contributed by atoms with E-state index in [0.29, 0.717) is 35.8 Å². The molecule has 0 radical (unpaired) electrons. The minimum absolute atomic E-state index is 0.0247. The molecule has 0 aliphatic carbocycles. The molecule has 1 fully saturated rings. The number of methoxy groups -OCH3 is 2. The molecule has 0 aromatic heterocycles. The fourth-order valence-electron chi connectivity index (χ4n) is 3.59. The second kappa shape index (κ2) is 9.38. The van der Waals surface area contributed by atoms with Crippen LogP contribution in [0.3, 0.4) is 0 Å². The Balaban J connectivity index is 1.89. The van der Waals surface area contributed by atoms with Crippen molar-refractivity contribution in [2.75, 3.05) is 32.3 Å². The minimum Gasteiger partial charge on any atom is -0.494 e. The highest BCUT2D eigenvalue weighted by molar-refractivity contribution is 7.91. The van der Waals surface area contributed by atoms with E-state index in [-0.39, 0.29) is 30.0 Å². The van der Waals surface area contributed by atoms with Gasteiger partial charge in [0.05, 0.1) is 32.3 Å². The normalized spacial score (nSPS) is 17.4. The molecule has 3 rings (SSSR count). The maximum atomic E-state index is 13.3. The van der Waals surface area contributed by atoms with Crippen molar-refractivity contribution in [2.45, 2.75) is 25.9 Å². The van der Waals surface area contributed by atoms with Crippen molar-refractivity contribution >= 4 is 15.7 Å². The summed E-state index contributed by atoms with van der Waals surface area (Å²) in [7, 11) is -0.0368. The molecule has 1 amide bonds. The highest BCUT2D eigenvalue weighted by Crippen LogP contribution is 2.30. The summed E-state index contributed by atoms with van der Waals surface area (Å²) in [5.74, 6) is 1.69. The molecule has 0 unspecified atom stereocenters. The van der Waals surface area contributed by atoms with E-state index in [9.17, 15) is 13.2 Å². The summed E-state index contributed by atoms with van der Waals surface area (Å²) in [6.07, 6.45) is 0.429. The van der Waals surface area contributed by atoms with Crippen molar-refractivity contribution in [2.24, 2.45) is 0 Å². The number of hydrogen-bond donors (Lipinski definition) is 0. The highest BCUT2D eigenvalue weighted by atomic mass is 32.2. The molecule has 0 saturated carbocycles. The van der Waals surface area contributed by atoms with Crippen LogP contribution in [0.15, 0.2) is 42.5 Å². The van der Waals surface area contributed by atoms with Gasteiger partial charge in [-0.3, -0.25) is 4.79 Å². The number of amides is 1. The van der Waals surface area contributed by atoms with Crippen LogP contribution in [0.2, 0.25) is 0 Å². The molecule has 1 aliphatic heterocycles. The summed E-state index contributed by atoms with van der Waals surface area (Å²) in [4.78, 5) is 15.0. The lowest BCUT2D eigenvalue weighted by Crippen LogP contribution is -2.40. The van der Waals surface area contributed by atoms with E-state index in [1.165, 1.54) is 0 Å². The molecule has 0 spiro atoms. The lowest BCUT2D eigenvalue weighted by Gasteiger charge is -2.29. The summed E-state index contributed by atoms with van der Waals surface area (Å²) < 4.78 is 40.2. The van der Waals surface area contributed by atoms with Gasteiger partial charge in [-0.05, 0) is 55.3 Å². The number of nitrogens with zero attached hydrogens (tertiary/aromatic N) is 1. The summed E-state index contributed by atoms with van der Waals surface area (Å²) in [5.41, 5.74) is 1.32. The number of hydrogen-bond acceptors (Lipinski definition) is 6. The van der Waals surface area contributed by atoms with Crippen LogP contribution in [0.5, 0.6) is 17.2 Å². The molecule has 30 heavy (non-hydrogen) atoms. The number of benzene rings is 2. The van der Waals surface area contributed by atoms with Gasteiger partial charge in [0.2, 0.25) is 0 Å². The molecule has 0 bridgehead atoms. The first-order chi connectivity index (χ1) is 14.4. The van der Waals surface area contributed by atoms with Gasteiger partial charge in [0.1, 0.15) is 5.75 Å². The number of carbonyl (C=O) groups is 1. The third kappa shape index (κ3) is 5.05. The van der Waals surface area contributed by atoms with E-state index < -0.39 is 9.84 Å². The topological polar surface area (TPSA) is 82.1 Å². The molecule has 162 valence electrons. The number of ether oxygens (including phenoxy) is 3. The van der Waals surface area contributed by atoms with Gasteiger partial charge in [-0.25, -0.2) is 8.42 Å². The summed E-state index contributed by atoms with van der Waals surface area (Å²) in [5, 5.41) is 0. The number of sulfone groups is 1. The SMILES string of the molecule is CCOc1ccc(C(=O)N(Cc2ccc(OC)c(OC)c2)[C@@H]2CCS(=O)(=O)C2)cc1. The highest BCUT2D eigenvalue weighted by Gasteiger charge is 2.35. The van der Waals surface area contributed by atoms with Crippen molar-refractivity contribution in [1.82, 2.24) is 4.90 Å². The Bertz CT molecular complexity index is 987. The zero-order chi connectivity index (χ0) is 21.7. The zero-order valence-electron chi connectivity index (χ0n) is 17.5. The van der Waals surface area contributed by atoms with Crippen LogP contribution in [0.4, 0.5) is 0 Å². The summed E-state index contributed by atoms with van der Waals surface area (Å²) >= 11 is 0. The molecular formula is C22H27NO6S. The Morgan fingerprint density at radius 3 is 2.33 bits per heavy atom. The maximum Gasteiger partial charge on any atom is 0.254 e. The average molecular weight is 434 g/mol. The molecule has 1 heterocycles. The number of carbonyl (C=O) groups excluding carboxylic acids is 1. The molecule has 8 heteroatoms. The van der Waals surface area contributed by atoms with E-state index >= 15 is 0 Å². The van der Waals surface area contributed by atoms with Gasteiger partial charge in [0.15, 0.2) is 21.3 Å². The largest absolute Gasteiger partial charge is 0.494 e. The average Bonchev–Trinajstić information content (AvgIpc) is 3.11. The Morgan fingerprint density at radius 1 is 1.07 bits per heavy atom. The molecule has 2 aromatic rings. The summed E-state index contributed by atoms with van der Waals surface area (Å²) in [6.45, 7) is 2.70. The third-order valence-electron chi connectivity index (χ3n) is 5.12. The van der Waals surface area contributed by atoms with Gasteiger partial charge in [-0.2, -0.15) is 0 Å². The fraction of sp³-hybridized carbons (Fsp3) is 0.409. The first-order valence-corrected chi connectivity index (χ1v) is 11.6. The standard InChI is InChI=1S/C22H27NO6S/c1-4-29-19-8-6-17(7-9-19)22(24)23(18-11-12-30(25,26)15-18)14-16-5-10-20(27-2)21(13-16)28-3/h5-10,13,18H,4,11-12,14-15H2,1-3H3/t18-/m1/s1. The van der Waals surface area contributed by atoms with Crippen molar-refractivity contribution in [3.05, 3.63) is 53.6 Å². The van der Waals surface area contributed by atoms with Crippen molar-refractivity contribution < 1.29 is 27.4 Å². The smallest absolute Gasteiger partial charge is 0.254 e. The zero-order valence-corrected chi connectivity index (χ0v) is 18.3. The fourth-order valence-corrected chi connectivity index (χ4v) is 5.32. The van der Waals surface area contributed by atoms with Crippen LogP contribution in [0.25, 0.3) is 0 Å². The monoisotopic (exact) mass is 433 g/mol. The van der Waals surface area contributed by atoms with Crippen molar-refractivity contribution in [3.63, 3.8) is 0 Å². The van der Waals surface area contributed by atoms with Crippen LogP contribution in [-0.4, -0.2) is 57.6 Å². The van der Waals surface area contributed by atoms with E-state index in [0.717, 1.165) is 5.56 Å². The van der Waals surface area contributed by atoms with Crippen molar-refractivity contribution in [3.8, 4) is 17.2 Å². The predicted octanol–water partition coefficient (Wildman–Crippen LogP) is 2.93. The predicted molar refractivity (Wildman–Crippen MR) is 114 cm³/mol. The molecular weight excluding hydrogens is 406 g/mol. The van der Waals surface area contributed by atoms with Crippen molar-refractivity contribution in [1.29, 1.82) is 0 Å². The van der Waals surface area contributed by atoms with Crippen LogP contribution in [-0.2, 0) is 16.4 Å². The Morgan fingerprint density at radius 2 is 1.77 bits per heavy atom. The molecule has 1 saturated heterocycles. The molecule has 1 atom stereocenters. The second-order valence-electron chi connectivity index (χ2n) is 7.14. The molecule has 1 aliphatic rings. The van der Waals surface area contributed by atoms with Crippen LogP contribution in [0.1, 0.15) is 29.3 Å².